The van der Waals surface area contributed by atoms with Crippen molar-refractivity contribution < 1.29 is 13.6 Å². The van der Waals surface area contributed by atoms with Crippen LogP contribution in [-0.4, -0.2) is 39.6 Å². The van der Waals surface area contributed by atoms with Crippen LogP contribution in [0.1, 0.15) is 25.6 Å². The minimum Gasteiger partial charge on any atom is -0.492 e. The van der Waals surface area contributed by atoms with E-state index in [-0.39, 0.29) is 11.3 Å². The number of nitriles is 1. The standard InChI is InChI=1S/C22H20N8O2/c1-13-4-5-18(25-10-13)29-19-8-17(15(12-26-19)22(31)24-2)28-16-6-7-30-20(21(16)32-3)14(9-23)11-27-30/h4-8,10-12H,1-3H3,(H,24,31)(H2,25,26,28,29)/i2D3. The molecule has 0 saturated carbocycles. The summed E-state index contributed by atoms with van der Waals surface area (Å²) in [5.41, 5.74) is 2.38. The molecule has 10 nitrogen and oxygen atoms in total. The van der Waals surface area contributed by atoms with Crippen molar-refractivity contribution in [1.82, 2.24) is 24.9 Å². The maximum Gasteiger partial charge on any atom is 0.254 e. The van der Waals surface area contributed by atoms with E-state index in [9.17, 15) is 10.1 Å². The van der Waals surface area contributed by atoms with E-state index in [1.54, 1.807) is 30.6 Å². The molecule has 0 aliphatic rings. The Kier molecular flexibility index (Phi) is 4.59. The third-order valence-corrected chi connectivity index (χ3v) is 4.66. The number of ether oxygens (including phenoxy) is 1. The largest absolute Gasteiger partial charge is 0.492 e. The van der Waals surface area contributed by atoms with Crippen LogP contribution in [0.2, 0.25) is 0 Å². The Balaban J connectivity index is 1.78. The summed E-state index contributed by atoms with van der Waals surface area (Å²) >= 11 is 0. The Morgan fingerprint density at radius 3 is 2.72 bits per heavy atom. The van der Waals surface area contributed by atoms with E-state index in [1.807, 2.05) is 18.3 Å². The number of carbonyl (C=O) groups excluding carboxylic acids is 1. The Hall–Kier alpha value is -4.65. The quantitative estimate of drug-likeness (QED) is 0.425. The van der Waals surface area contributed by atoms with Crippen LogP contribution in [0.4, 0.5) is 23.0 Å². The molecule has 10 heteroatoms. The van der Waals surface area contributed by atoms with E-state index in [0.29, 0.717) is 34.2 Å². The summed E-state index contributed by atoms with van der Waals surface area (Å²) in [7, 11) is 1.44. The van der Waals surface area contributed by atoms with Crippen LogP contribution >= 0.6 is 0 Å². The molecule has 0 aromatic carbocycles. The van der Waals surface area contributed by atoms with Crippen LogP contribution in [0, 0.1) is 18.3 Å². The molecule has 0 aliphatic carbocycles. The second kappa shape index (κ2) is 8.61. The number of amides is 1. The average molecular weight is 431 g/mol. The van der Waals surface area contributed by atoms with Gasteiger partial charge in [0.05, 0.1) is 30.2 Å². The first-order valence-electron chi connectivity index (χ1n) is 10.9. The molecule has 4 heterocycles. The van der Waals surface area contributed by atoms with E-state index < -0.39 is 12.9 Å². The van der Waals surface area contributed by atoms with E-state index in [0.717, 1.165) is 5.56 Å². The number of nitrogens with one attached hydrogen (secondary N) is 3. The van der Waals surface area contributed by atoms with Gasteiger partial charge in [-0.15, -0.1) is 0 Å². The molecule has 1 amide bonds. The van der Waals surface area contributed by atoms with Gasteiger partial charge in [-0.05, 0) is 24.6 Å². The van der Waals surface area contributed by atoms with E-state index >= 15 is 0 Å². The topological polar surface area (TPSA) is 129 Å². The van der Waals surface area contributed by atoms with Gasteiger partial charge in [0.25, 0.3) is 5.91 Å². The first-order valence-corrected chi connectivity index (χ1v) is 9.42. The van der Waals surface area contributed by atoms with Crippen molar-refractivity contribution in [2.45, 2.75) is 6.92 Å². The van der Waals surface area contributed by atoms with Crippen molar-refractivity contribution in [2.24, 2.45) is 0 Å². The van der Waals surface area contributed by atoms with Gasteiger partial charge in [0.15, 0.2) is 5.75 Å². The maximum absolute atomic E-state index is 12.7. The molecule has 160 valence electrons. The van der Waals surface area contributed by atoms with Crippen molar-refractivity contribution in [3.63, 3.8) is 0 Å². The number of pyridine rings is 3. The highest BCUT2D eigenvalue weighted by Gasteiger charge is 2.18. The van der Waals surface area contributed by atoms with Gasteiger partial charge in [0.2, 0.25) is 0 Å². The molecule has 0 fully saturated rings. The fourth-order valence-corrected chi connectivity index (χ4v) is 3.13. The molecule has 0 radical (unpaired) electrons. The fourth-order valence-electron chi connectivity index (χ4n) is 3.13. The summed E-state index contributed by atoms with van der Waals surface area (Å²) in [6.07, 6.45) is 5.99. The van der Waals surface area contributed by atoms with E-state index in [4.69, 9.17) is 8.85 Å². The van der Waals surface area contributed by atoms with Crippen LogP contribution in [0.3, 0.4) is 0 Å². The normalized spacial score (nSPS) is 12.2. The zero-order chi connectivity index (χ0) is 25.2. The smallest absolute Gasteiger partial charge is 0.254 e. The summed E-state index contributed by atoms with van der Waals surface area (Å²) in [6.45, 7) is -0.773. The van der Waals surface area contributed by atoms with E-state index in [1.165, 1.54) is 24.0 Å². The monoisotopic (exact) mass is 431 g/mol. The number of methoxy groups -OCH3 is 1. The van der Waals surface area contributed by atoms with Gasteiger partial charge in [-0.1, -0.05) is 6.07 Å². The average Bonchev–Trinajstić information content (AvgIpc) is 3.23. The number of rotatable bonds is 6. The third-order valence-electron chi connectivity index (χ3n) is 4.66. The van der Waals surface area contributed by atoms with Gasteiger partial charge in [-0.3, -0.25) is 4.79 Å². The summed E-state index contributed by atoms with van der Waals surface area (Å²) in [5, 5.41) is 21.7. The molecule has 32 heavy (non-hydrogen) atoms. The van der Waals surface area contributed by atoms with Crippen molar-refractivity contribution in [3.8, 4) is 11.8 Å². The molecule has 0 bridgehead atoms. The molecule has 0 spiro atoms. The van der Waals surface area contributed by atoms with Gasteiger partial charge in [-0.2, -0.15) is 10.4 Å². The predicted molar refractivity (Wildman–Crippen MR) is 120 cm³/mol. The molecule has 3 N–H and O–H groups in total. The van der Waals surface area contributed by atoms with Gasteiger partial charge in [0.1, 0.15) is 28.8 Å². The first kappa shape index (κ1) is 17.1. The zero-order valence-electron chi connectivity index (χ0n) is 20.2. The Bertz CT molecular complexity index is 1440. The fraction of sp³-hybridized carbons (Fsp3) is 0.136. The van der Waals surface area contributed by atoms with Crippen LogP contribution in [0.25, 0.3) is 5.52 Å². The summed E-state index contributed by atoms with van der Waals surface area (Å²) in [4.78, 5) is 21.3. The second-order valence-electron chi connectivity index (χ2n) is 6.77. The number of fused-ring (bicyclic) bond motifs is 1. The molecule has 4 aromatic heterocycles. The van der Waals surface area contributed by atoms with Gasteiger partial charge >= 0.3 is 0 Å². The zero-order valence-corrected chi connectivity index (χ0v) is 17.2. The highest BCUT2D eigenvalue weighted by atomic mass is 16.5. The van der Waals surface area contributed by atoms with E-state index in [2.05, 4.69) is 31.8 Å². The molecule has 0 unspecified atom stereocenters. The second-order valence-corrected chi connectivity index (χ2v) is 6.77. The summed E-state index contributed by atoms with van der Waals surface area (Å²) in [5.74, 6) is 0.361. The summed E-state index contributed by atoms with van der Waals surface area (Å²) < 4.78 is 29.2. The number of anilines is 4. The lowest BCUT2D eigenvalue weighted by Gasteiger charge is -2.16. The number of hydrogen-bond donors (Lipinski definition) is 3. The van der Waals surface area contributed by atoms with Gasteiger partial charge in [-0.25, -0.2) is 14.5 Å². The molecule has 4 rings (SSSR count). The SMILES string of the molecule is [2H]C([2H])([2H])NC(=O)c1cnc(Nc2ccc(C)cn2)cc1Nc1ccn2ncc(C#N)c2c1OC. The number of nitrogens with zero attached hydrogens (tertiary/aromatic N) is 5. The van der Waals surface area contributed by atoms with Crippen LogP contribution in [-0.2, 0) is 0 Å². The highest BCUT2D eigenvalue weighted by molar-refractivity contribution is 6.00. The lowest BCUT2D eigenvalue weighted by Crippen LogP contribution is -2.19. The van der Waals surface area contributed by atoms with Crippen molar-refractivity contribution >= 4 is 34.4 Å². The van der Waals surface area contributed by atoms with Gasteiger partial charge in [0, 0.05) is 35.7 Å². The molecule has 0 saturated heterocycles. The maximum atomic E-state index is 12.7. The molecule has 0 aliphatic heterocycles. The lowest BCUT2D eigenvalue weighted by atomic mass is 10.2. The number of hydrogen-bond acceptors (Lipinski definition) is 8. The Morgan fingerprint density at radius 2 is 2.00 bits per heavy atom. The Morgan fingerprint density at radius 1 is 1.16 bits per heavy atom. The van der Waals surface area contributed by atoms with Crippen LogP contribution in [0.5, 0.6) is 5.75 Å². The first-order chi connectivity index (χ1) is 16.7. The number of carbonyl (C=O) groups is 1. The number of aryl methyl sites for hydroxylation is 1. The predicted octanol–water partition coefficient (Wildman–Crippen LogP) is 3.16. The minimum atomic E-state index is -2.69. The van der Waals surface area contributed by atoms with Gasteiger partial charge < -0.3 is 20.7 Å². The lowest BCUT2D eigenvalue weighted by molar-refractivity contribution is 0.0963. The molecule has 4 aromatic rings. The molecular weight excluding hydrogens is 408 g/mol. The highest BCUT2D eigenvalue weighted by Crippen LogP contribution is 2.35. The summed E-state index contributed by atoms with van der Waals surface area (Å²) in [6, 6.07) is 8.92. The van der Waals surface area contributed by atoms with Crippen LogP contribution in [0.15, 0.2) is 49.1 Å². The minimum absolute atomic E-state index is 0.0144. The van der Waals surface area contributed by atoms with Crippen LogP contribution < -0.4 is 20.7 Å². The molecular formula is C22H20N8O2. The van der Waals surface area contributed by atoms with Crippen molar-refractivity contribution in [3.05, 3.63) is 65.7 Å². The van der Waals surface area contributed by atoms with Crippen molar-refractivity contribution in [1.29, 1.82) is 5.26 Å². The Labute approximate surface area is 188 Å². The third kappa shape index (κ3) is 3.87. The van der Waals surface area contributed by atoms with Crippen molar-refractivity contribution in [2.75, 3.05) is 24.7 Å². The molecule has 0 atom stereocenters. The number of aromatic nitrogens is 4.